The zero-order valence-electron chi connectivity index (χ0n) is 18.0. The number of aryl methyl sites for hydroxylation is 2. The average molecular weight is 444 g/mol. The highest BCUT2D eigenvalue weighted by Gasteiger charge is 2.23. The predicted octanol–water partition coefficient (Wildman–Crippen LogP) is 2.07. The van der Waals surface area contributed by atoms with Crippen LogP contribution in [0.15, 0.2) is 36.7 Å². The van der Waals surface area contributed by atoms with Crippen LogP contribution in [0.1, 0.15) is 28.8 Å². The molecule has 3 amide bonds. The highest BCUT2D eigenvalue weighted by Crippen LogP contribution is 2.18. The van der Waals surface area contributed by atoms with Crippen LogP contribution in [0.4, 0.5) is 5.69 Å². The van der Waals surface area contributed by atoms with Gasteiger partial charge < -0.3 is 15.5 Å². The predicted molar refractivity (Wildman–Crippen MR) is 122 cm³/mol. The van der Waals surface area contributed by atoms with Crippen LogP contribution in [0.5, 0.6) is 0 Å². The molecule has 0 unspecified atom stereocenters. The summed E-state index contributed by atoms with van der Waals surface area (Å²) in [5.41, 5.74) is 2.41. The first-order valence-corrected chi connectivity index (χ1v) is 11.5. The summed E-state index contributed by atoms with van der Waals surface area (Å²) in [5, 5.41) is 9.81. The lowest BCUT2D eigenvalue weighted by molar-refractivity contribution is -0.129. The van der Waals surface area contributed by atoms with Crippen molar-refractivity contribution in [3.05, 3.63) is 47.8 Å². The molecule has 31 heavy (non-hydrogen) atoms. The number of carbonyl (C=O) groups excluding carboxylic acids is 3. The molecule has 1 fully saturated rings. The highest BCUT2D eigenvalue weighted by atomic mass is 32.2. The second-order valence-electron chi connectivity index (χ2n) is 7.85. The Balaban J connectivity index is 1.31. The summed E-state index contributed by atoms with van der Waals surface area (Å²) in [7, 11) is 1.78. The van der Waals surface area contributed by atoms with E-state index in [0.29, 0.717) is 36.9 Å². The summed E-state index contributed by atoms with van der Waals surface area (Å²) < 4.78 is 1.60. The van der Waals surface area contributed by atoms with Crippen molar-refractivity contribution in [1.29, 1.82) is 0 Å². The molecule has 0 radical (unpaired) electrons. The van der Waals surface area contributed by atoms with E-state index in [1.807, 2.05) is 36.1 Å². The SMILES string of the molecule is Cc1cccc(NC(=O)CSCC(=O)N2CCC(CNC(=O)c3cnn(C)c3)CC2)c1. The van der Waals surface area contributed by atoms with Crippen molar-refractivity contribution >= 4 is 35.2 Å². The van der Waals surface area contributed by atoms with Crippen LogP contribution in [0, 0.1) is 12.8 Å². The number of benzene rings is 1. The van der Waals surface area contributed by atoms with Crippen LogP contribution in [0.3, 0.4) is 0 Å². The van der Waals surface area contributed by atoms with Gasteiger partial charge in [0, 0.05) is 38.6 Å². The van der Waals surface area contributed by atoms with Gasteiger partial charge in [0.25, 0.3) is 5.91 Å². The van der Waals surface area contributed by atoms with Gasteiger partial charge in [-0.1, -0.05) is 12.1 Å². The molecule has 0 aliphatic carbocycles. The second kappa shape index (κ2) is 11.0. The largest absolute Gasteiger partial charge is 0.352 e. The molecular weight excluding hydrogens is 414 g/mol. The molecule has 1 saturated heterocycles. The van der Waals surface area contributed by atoms with Crippen molar-refractivity contribution in [2.24, 2.45) is 13.0 Å². The first-order chi connectivity index (χ1) is 14.9. The number of amides is 3. The Hall–Kier alpha value is -2.81. The number of anilines is 1. The minimum Gasteiger partial charge on any atom is -0.352 e. The smallest absolute Gasteiger partial charge is 0.254 e. The van der Waals surface area contributed by atoms with Gasteiger partial charge in [0.05, 0.1) is 23.3 Å². The zero-order valence-corrected chi connectivity index (χ0v) is 18.8. The maximum Gasteiger partial charge on any atom is 0.254 e. The third-order valence-corrected chi connectivity index (χ3v) is 6.16. The van der Waals surface area contributed by atoms with Crippen molar-refractivity contribution in [2.45, 2.75) is 19.8 Å². The van der Waals surface area contributed by atoms with Gasteiger partial charge in [-0.3, -0.25) is 19.1 Å². The Morgan fingerprint density at radius 3 is 2.65 bits per heavy atom. The van der Waals surface area contributed by atoms with Crippen molar-refractivity contribution in [3.8, 4) is 0 Å². The quantitative estimate of drug-likeness (QED) is 0.651. The highest BCUT2D eigenvalue weighted by molar-refractivity contribution is 8.00. The molecule has 9 heteroatoms. The number of carbonyl (C=O) groups is 3. The van der Waals surface area contributed by atoms with E-state index in [1.54, 1.807) is 24.1 Å². The molecule has 0 spiro atoms. The molecule has 2 aromatic rings. The van der Waals surface area contributed by atoms with Crippen LogP contribution in [0.2, 0.25) is 0 Å². The van der Waals surface area contributed by atoms with Crippen LogP contribution in [-0.4, -0.2) is 63.5 Å². The van der Waals surface area contributed by atoms with Gasteiger partial charge in [0.1, 0.15) is 0 Å². The third-order valence-electron chi connectivity index (χ3n) is 5.25. The monoisotopic (exact) mass is 443 g/mol. The van der Waals surface area contributed by atoms with E-state index < -0.39 is 0 Å². The van der Waals surface area contributed by atoms with Gasteiger partial charge in [-0.2, -0.15) is 5.10 Å². The summed E-state index contributed by atoms with van der Waals surface area (Å²) in [6.07, 6.45) is 4.96. The molecular formula is C22H29N5O3S. The summed E-state index contributed by atoms with van der Waals surface area (Å²) in [6, 6.07) is 7.64. The Morgan fingerprint density at radius 1 is 1.19 bits per heavy atom. The molecule has 0 bridgehead atoms. The third kappa shape index (κ3) is 7.13. The summed E-state index contributed by atoms with van der Waals surface area (Å²) >= 11 is 1.33. The Morgan fingerprint density at radius 2 is 1.97 bits per heavy atom. The standard InChI is InChI=1S/C22H29N5O3S/c1-16-4-3-5-19(10-16)25-20(28)14-31-15-21(29)27-8-6-17(7-9-27)11-23-22(30)18-12-24-26(2)13-18/h3-5,10,12-13,17H,6-9,11,14-15H2,1-2H3,(H,23,30)(H,25,28). The average Bonchev–Trinajstić information content (AvgIpc) is 3.18. The molecule has 1 aromatic carbocycles. The number of hydrogen-bond acceptors (Lipinski definition) is 5. The van der Waals surface area contributed by atoms with E-state index in [4.69, 9.17) is 0 Å². The van der Waals surface area contributed by atoms with Gasteiger partial charge >= 0.3 is 0 Å². The normalized spacial score (nSPS) is 14.3. The molecule has 166 valence electrons. The lowest BCUT2D eigenvalue weighted by atomic mass is 9.96. The van der Waals surface area contributed by atoms with Crippen LogP contribution in [0.25, 0.3) is 0 Å². The minimum absolute atomic E-state index is 0.0613. The van der Waals surface area contributed by atoms with Crippen molar-refractivity contribution in [3.63, 3.8) is 0 Å². The Kier molecular flexibility index (Phi) is 8.11. The van der Waals surface area contributed by atoms with E-state index >= 15 is 0 Å². The number of nitrogens with zero attached hydrogens (tertiary/aromatic N) is 3. The number of thioether (sulfide) groups is 1. The zero-order chi connectivity index (χ0) is 22.2. The molecule has 3 rings (SSSR count). The fourth-order valence-corrected chi connectivity index (χ4v) is 4.22. The first-order valence-electron chi connectivity index (χ1n) is 10.4. The molecule has 2 N–H and O–H groups in total. The lowest BCUT2D eigenvalue weighted by Gasteiger charge is -2.32. The van der Waals surface area contributed by atoms with Crippen molar-refractivity contribution < 1.29 is 14.4 Å². The number of nitrogens with one attached hydrogen (secondary N) is 2. The molecule has 1 aliphatic rings. The molecule has 1 aromatic heterocycles. The number of rotatable bonds is 8. The maximum atomic E-state index is 12.4. The summed E-state index contributed by atoms with van der Waals surface area (Å²) in [4.78, 5) is 38.5. The number of piperidine rings is 1. The minimum atomic E-state index is -0.119. The molecule has 0 saturated carbocycles. The van der Waals surface area contributed by atoms with E-state index in [9.17, 15) is 14.4 Å². The van der Waals surface area contributed by atoms with E-state index in [2.05, 4.69) is 15.7 Å². The van der Waals surface area contributed by atoms with Crippen LogP contribution in [-0.2, 0) is 16.6 Å². The van der Waals surface area contributed by atoms with Crippen LogP contribution >= 0.6 is 11.8 Å². The number of aromatic nitrogens is 2. The van der Waals surface area contributed by atoms with E-state index in [0.717, 1.165) is 24.1 Å². The summed E-state index contributed by atoms with van der Waals surface area (Å²) in [6.45, 7) is 3.94. The summed E-state index contributed by atoms with van der Waals surface area (Å²) in [5.74, 6) is 0.738. The van der Waals surface area contributed by atoms with Crippen molar-refractivity contribution in [1.82, 2.24) is 20.0 Å². The first kappa shape index (κ1) is 22.9. The fraction of sp³-hybridized carbons (Fsp3) is 0.455. The topological polar surface area (TPSA) is 96.3 Å². The Labute approximate surface area is 186 Å². The van der Waals surface area contributed by atoms with Crippen LogP contribution < -0.4 is 10.6 Å². The van der Waals surface area contributed by atoms with Gasteiger partial charge in [-0.05, 0) is 43.4 Å². The van der Waals surface area contributed by atoms with Crippen molar-refractivity contribution in [2.75, 3.05) is 36.5 Å². The molecule has 0 atom stereocenters. The van der Waals surface area contributed by atoms with E-state index in [1.165, 1.54) is 11.8 Å². The van der Waals surface area contributed by atoms with Gasteiger partial charge in [-0.15, -0.1) is 11.8 Å². The second-order valence-corrected chi connectivity index (χ2v) is 8.83. The molecule has 8 nitrogen and oxygen atoms in total. The number of hydrogen-bond donors (Lipinski definition) is 2. The fourth-order valence-electron chi connectivity index (χ4n) is 3.51. The van der Waals surface area contributed by atoms with Gasteiger partial charge in [0.2, 0.25) is 11.8 Å². The lowest BCUT2D eigenvalue weighted by Crippen LogP contribution is -2.42. The molecule has 1 aliphatic heterocycles. The maximum absolute atomic E-state index is 12.4. The van der Waals surface area contributed by atoms with Gasteiger partial charge in [0.15, 0.2) is 0 Å². The van der Waals surface area contributed by atoms with E-state index in [-0.39, 0.29) is 23.5 Å². The van der Waals surface area contributed by atoms with Gasteiger partial charge in [-0.25, -0.2) is 0 Å². The molecule has 2 heterocycles. The Bertz CT molecular complexity index is 921. The number of likely N-dealkylation sites (tertiary alicyclic amines) is 1.